The van der Waals surface area contributed by atoms with Crippen LogP contribution in [-0.2, 0) is 11.2 Å². The Balaban J connectivity index is 1.90. The maximum Gasteiger partial charge on any atom is 0.341 e. The van der Waals surface area contributed by atoms with Gasteiger partial charge in [-0.25, -0.2) is 4.79 Å². The van der Waals surface area contributed by atoms with Gasteiger partial charge in [0.1, 0.15) is 0 Å². The van der Waals surface area contributed by atoms with Gasteiger partial charge in [0.05, 0.1) is 6.61 Å². The largest absolute Gasteiger partial charge is 0.490 e. The van der Waals surface area contributed by atoms with Crippen molar-refractivity contribution in [3.63, 3.8) is 0 Å². The number of aliphatic carboxylic acids is 1. The van der Waals surface area contributed by atoms with E-state index in [-0.39, 0.29) is 5.91 Å². The maximum absolute atomic E-state index is 13.1. The third-order valence-electron chi connectivity index (χ3n) is 4.45. The number of nitrogens with zero attached hydrogens (tertiary/aromatic N) is 1. The molecule has 6 heteroatoms. The number of aryl methyl sites for hydroxylation is 2. The zero-order chi connectivity index (χ0) is 19.4. The second-order valence-electron chi connectivity index (χ2n) is 6.47. The van der Waals surface area contributed by atoms with Crippen LogP contribution in [-0.4, -0.2) is 36.7 Å². The fraction of sp³-hybridized carbons (Fsp3) is 0.333. The fourth-order valence-corrected chi connectivity index (χ4v) is 3.22. The molecule has 2 aromatic carbocycles. The van der Waals surface area contributed by atoms with Crippen molar-refractivity contribution in [2.24, 2.45) is 0 Å². The number of fused-ring (bicyclic) bond motifs is 1. The lowest BCUT2D eigenvalue weighted by atomic mass is 9.99. The summed E-state index contributed by atoms with van der Waals surface area (Å²) >= 11 is 0. The highest BCUT2D eigenvalue weighted by atomic mass is 16.5. The lowest BCUT2D eigenvalue weighted by Gasteiger charge is -2.30. The Hall–Kier alpha value is -3.02. The molecule has 0 radical (unpaired) electrons. The summed E-state index contributed by atoms with van der Waals surface area (Å²) in [5, 5.41) is 8.80. The van der Waals surface area contributed by atoms with Gasteiger partial charge in [-0.3, -0.25) is 4.79 Å². The number of benzene rings is 2. The zero-order valence-electron chi connectivity index (χ0n) is 15.5. The number of anilines is 1. The van der Waals surface area contributed by atoms with E-state index in [2.05, 4.69) is 12.1 Å². The van der Waals surface area contributed by atoms with Crippen LogP contribution in [0.3, 0.4) is 0 Å². The van der Waals surface area contributed by atoms with Gasteiger partial charge in [0.15, 0.2) is 18.1 Å². The van der Waals surface area contributed by atoms with Gasteiger partial charge in [0.2, 0.25) is 0 Å². The highest BCUT2D eigenvalue weighted by Gasteiger charge is 2.24. The van der Waals surface area contributed by atoms with E-state index < -0.39 is 12.6 Å². The molecule has 3 rings (SSSR count). The van der Waals surface area contributed by atoms with Crippen molar-refractivity contribution in [1.29, 1.82) is 0 Å². The number of amides is 1. The first-order valence-electron chi connectivity index (χ1n) is 9.02. The summed E-state index contributed by atoms with van der Waals surface area (Å²) in [4.78, 5) is 25.7. The Kier molecular flexibility index (Phi) is 5.64. The van der Waals surface area contributed by atoms with Crippen LogP contribution in [0.15, 0.2) is 36.4 Å². The van der Waals surface area contributed by atoms with Crippen LogP contribution >= 0.6 is 0 Å². The number of hydrogen-bond acceptors (Lipinski definition) is 4. The number of hydrogen-bond donors (Lipinski definition) is 1. The van der Waals surface area contributed by atoms with Crippen molar-refractivity contribution >= 4 is 17.6 Å². The number of carbonyl (C=O) groups excluding carboxylic acids is 1. The fourth-order valence-electron chi connectivity index (χ4n) is 3.22. The molecule has 0 saturated carbocycles. The minimum Gasteiger partial charge on any atom is -0.490 e. The third kappa shape index (κ3) is 4.22. The van der Waals surface area contributed by atoms with Crippen molar-refractivity contribution in [2.45, 2.75) is 26.7 Å². The van der Waals surface area contributed by atoms with Gasteiger partial charge < -0.3 is 19.5 Å². The number of carbonyl (C=O) groups is 2. The molecule has 0 spiro atoms. The Morgan fingerprint density at radius 2 is 1.93 bits per heavy atom. The minimum absolute atomic E-state index is 0.104. The van der Waals surface area contributed by atoms with Crippen molar-refractivity contribution in [3.05, 3.63) is 53.1 Å². The van der Waals surface area contributed by atoms with Crippen LogP contribution in [0.5, 0.6) is 11.5 Å². The molecule has 27 heavy (non-hydrogen) atoms. The number of rotatable bonds is 6. The van der Waals surface area contributed by atoms with E-state index in [9.17, 15) is 9.59 Å². The smallest absolute Gasteiger partial charge is 0.341 e. The molecule has 1 N–H and O–H groups in total. The Bertz CT molecular complexity index is 862. The summed E-state index contributed by atoms with van der Waals surface area (Å²) in [6.07, 6.45) is 1.88. The number of carboxylic acids is 1. The molecule has 0 fully saturated rings. The normalized spacial score (nSPS) is 13.0. The highest BCUT2D eigenvalue weighted by molar-refractivity contribution is 6.07. The lowest BCUT2D eigenvalue weighted by Crippen LogP contribution is -2.35. The van der Waals surface area contributed by atoms with Crippen molar-refractivity contribution < 1.29 is 24.2 Å². The molecule has 142 valence electrons. The molecule has 1 heterocycles. The summed E-state index contributed by atoms with van der Waals surface area (Å²) in [6.45, 7) is 4.41. The molecule has 0 unspecified atom stereocenters. The number of ether oxygens (including phenoxy) is 2. The van der Waals surface area contributed by atoms with Crippen LogP contribution in [0.1, 0.15) is 34.8 Å². The molecule has 1 aliphatic heterocycles. The number of carboxylic acid groups (broad SMARTS) is 1. The van der Waals surface area contributed by atoms with Gasteiger partial charge in [-0.1, -0.05) is 12.1 Å². The topological polar surface area (TPSA) is 76.1 Å². The van der Waals surface area contributed by atoms with Crippen LogP contribution in [0.4, 0.5) is 5.69 Å². The average molecular weight is 369 g/mol. The van der Waals surface area contributed by atoms with E-state index >= 15 is 0 Å². The first-order chi connectivity index (χ1) is 13.0. The molecule has 0 bridgehead atoms. The van der Waals surface area contributed by atoms with Gasteiger partial charge in [-0.05, 0) is 62.1 Å². The van der Waals surface area contributed by atoms with Crippen LogP contribution < -0.4 is 14.4 Å². The predicted octanol–water partition coefficient (Wildman–Crippen LogP) is 3.45. The lowest BCUT2D eigenvalue weighted by molar-refractivity contribution is -0.139. The summed E-state index contributed by atoms with van der Waals surface area (Å²) < 4.78 is 10.8. The van der Waals surface area contributed by atoms with Crippen molar-refractivity contribution in [3.8, 4) is 11.5 Å². The SMILES string of the molecule is CCOc1cc(C(=O)N2CCCc3ccc(C)cc32)ccc1OCC(=O)O. The van der Waals surface area contributed by atoms with Crippen LogP contribution in [0.2, 0.25) is 0 Å². The first-order valence-corrected chi connectivity index (χ1v) is 9.02. The van der Waals surface area contributed by atoms with E-state index in [0.717, 1.165) is 24.1 Å². The second-order valence-corrected chi connectivity index (χ2v) is 6.47. The van der Waals surface area contributed by atoms with Crippen molar-refractivity contribution in [2.75, 3.05) is 24.7 Å². The molecule has 0 atom stereocenters. The van der Waals surface area contributed by atoms with E-state index in [1.165, 1.54) is 5.56 Å². The molecular formula is C21H23NO5. The minimum atomic E-state index is -1.07. The molecular weight excluding hydrogens is 346 g/mol. The Morgan fingerprint density at radius 3 is 2.67 bits per heavy atom. The Labute approximate surface area is 158 Å². The third-order valence-corrected chi connectivity index (χ3v) is 4.45. The molecule has 0 aliphatic carbocycles. The molecule has 0 aromatic heterocycles. The molecule has 1 aliphatic rings. The molecule has 1 amide bonds. The van der Waals surface area contributed by atoms with Crippen molar-refractivity contribution in [1.82, 2.24) is 0 Å². The maximum atomic E-state index is 13.1. The molecule has 2 aromatic rings. The summed E-state index contributed by atoms with van der Waals surface area (Å²) in [5.41, 5.74) is 3.72. The van der Waals surface area contributed by atoms with Gasteiger partial charge in [0.25, 0.3) is 5.91 Å². The van der Waals surface area contributed by atoms with Gasteiger partial charge in [0, 0.05) is 17.8 Å². The molecule has 0 saturated heterocycles. The Morgan fingerprint density at radius 1 is 1.11 bits per heavy atom. The highest BCUT2D eigenvalue weighted by Crippen LogP contribution is 2.32. The zero-order valence-corrected chi connectivity index (χ0v) is 15.5. The summed E-state index contributed by atoms with van der Waals surface area (Å²) in [5.74, 6) is -0.498. The van der Waals surface area contributed by atoms with E-state index in [0.29, 0.717) is 30.2 Å². The van der Waals surface area contributed by atoms with Gasteiger partial charge >= 0.3 is 5.97 Å². The first kappa shape index (κ1) is 18.8. The van der Waals surface area contributed by atoms with Gasteiger partial charge in [-0.15, -0.1) is 0 Å². The van der Waals surface area contributed by atoms with Crippen LogP contribution in [0, 0.1) is 6.92 Å². The molecule has 6 nitrogen and oxygen atoms in total. The average Bonchev–Trinajstić information content (AvgIpc) is 2.66. The predicted molar refractivity (Wildman–Crippen MR) is 102 cm³/mol. The summed E-state index contributed by atoms with van der Waals surface area (Å²) in [7, 11) is 0. The standard InChI is InChI=1S/C21H23NO5/c1-3-26-19-12-16(8-9-18(19)27-13-20(23)24)21(25)22-10-4-5-15-7-6-14(2)11-17(15)22/h6-9,11-12H,3-5,10,13H2,1-2H3,(H,23,24). The quantitative estimate of drug-likeness (QED) is 0.844. The summed E-state index contributed by atoms with van der Waals surface area (Å²) in [6, 6.07) is 11.0. The van der Waals surface area contributed by atoms with Gasteiger partial charge in [-0.2, -0.15) is 0 Å². The van der Waals surface area contributed by atoms with Crippen LogP contribution in [0.25, 0.3) is 0 Å². The van der Waals surface area contributed by atoms with E-state index in [4.69, 9.17) is 14.6 Å². The van der Waals surface area contributed by atoms with E-state index in [1.807, 2.05) is 19.9 Å². The van der Waals surface area contributed by atoms with E-state index in [1.54, 1.807) is 23.1 Å². The second kappa shape index (κ2) is 8.12. The monoisotopic (exact) mass is 369 g/mol.